The average Bonchev–Trinajstić information content (AvgIpc) is 2.20. The molecule has 2 nitrogen and oxygen atoms in total. The monoisotopic (exact) mass is 208 g/mol. The van der Waals surface area contributed by atoms with Crippen molar-refractivity contribution in [3.8, 4) is 11.8 Å². The van der Waals surface area contributed by atoms with Crippen LogP contribution in [0.1, 0.15) is 25.3 Å². The van der Waals surface area contributed by atoms with E-state index in [2.05, 4.69) is 13.0 Å². The predicted octanol–water partition coefficient (Wildman–Crippen LogP) is 3.19. The quantitative estimate of drug-likeness (QED) is 0.712. The third-order valence-corrected chi connectivity index (χ3v) is 1.97. The standard InChI is InChI=1S/C11H11ClNO/c1-2-3-6-14-11-5-4-10(12)7-9(11)8-13/h5,7H,2-3,6H2,1H3. The first-order valence-electron chi connectivity index (χ1n) is 4.52. The minimum Gasteiger partial charge on any atom is -0.492 e. The first kappa shape index (κ1) is 10.9. The van der Waals surface area contributed by atoms with Crippen molar-refractivity contribution in [3.05, 3.63) is 28.8 Å². The summed E-state index contributed by atoms with van der Waals surface area (Å²) in [6.45, 7) is 2.71. The molecule has 0 unspecified atom stereocenters. The number of hydrogen-bond donors (Lipinski definition) is 0. The molecule has 0 fully saturated rings. The Balaban J connectivity index is 2.72. The molecule has 73 valence electrons. The topological polar surface area (TPSA) is 33.0 Å². The Morgan fingerprint density at radius 3 is 3.07 bits per heavy atom. The van der Waals surface area contributed by atoms with Gasteiger partial charge in [0.05, 0.1) is 17.2 Å². The van der Waals surface area contributed by atoms with Gasteiger partial charge in [-0.25, -0.2) is 0 Å². The highest BCUT2D eigenvalue weighted by Gasteiger charge is 2.03. The van der Waals surface area contributed by atoms with Gasteiger partial charge in [-0.15, -0.1) is 0 Å². The maximum Gasteiger partial charge on any atom is 0.137 e. The molecule has 0 bridgehead atoms. The first-order chi connectivity index (χ1) is 6.77. The molecule has 0 saturated heterocycles. The maximum absolute atomic E-state index is 8.80. The van der Waals surface area contributed by atoms with Gasteiger partial charge in [0.15, 0.2) is 0 Å². The fourth-order valence-electron chi connectivity index (χ4n) is 0.985. The summed E-state index contributed by atoms with van der Waals surface area (Å²) in [7, 11) is 0. The van der Waals surface area contributed by atoms with Crippen molar-refractivity contribution >= 4 is 11.6 Å². The Morgan fingerprint density at radius 2 is 2.43 bits per heavy atom. The SMILES string of the molecule is CCCCOc1c[c]c(Cl)cc1C#N. The van der Waals surface area contributed by atoms with Gasteiger partial charge in [0, 0.05) is 6.07 Å². The van der Waals surface area contributed by atoms with E-state index in [9.17, 15) is 0 Å². The van der Waals surface area contributed by atoms with Crippen molar-refractivity contribution in [2.24, 2.45) is 0 Å². The number of halogens is 1. The number of benzene rings is 1. The van der Waals surface area contributed by atoms with Crippen LogP contribution in [0.4, 0.5) is 0 Å². The molecule has 0 atom stereocenters. The molecule has 0 aliphatic heterocycles. The maximum atomic E-state index is 8.80. The fourth-order valence-corrected chi connectivity index (χ4v) is 1.15. The zero-order chi connectivity index (χ0) is 10.4. The third-order valence-electron chi connectivity index (χ3n) is 1.75. The molecule has 0 saturated carbocycles. The second-order valence-corrected chi connectivity index (χ2v) is 3.28. The van der Waals surface area contributed by atoms with Crippen molar-refractivity contribution in [3.63, 3.8) is 0 Å². The van der Waals surface area contributed by atoms with Gasteiger partial charge in [0.2, 0.25) is 0 Å². The van der Waals surface area contributed by atoms with Gasteiger partial charge in [-0.2, -0.15) is 5.26 Å². The van der Waals surface area contributed by atoms with Gasteiger partial charge in [0.25, 0.3) is 0 Å². The van der Waals surface area contributed by atoms with Gasteiger partial charge in [-0.1, -0.05) is 24.9 Å². The molecular weight excluding hydrogens is 198 g/mol. The minimum atomic E-state index is 0.435. The molecule has 1 radical (unpaired) electrons. The minimum absolute atomic E-state index is 0.435. The largest absolute Gasteiger partial charge is 0.492 e. The summed E-state index contributed by atoms with van der Waals surface area (Å²) in [6.07, 6.45) is 2.05. The fraction of sp³-hybridized carbons (Fsp3) is 0.364. The molecule has 0 aromatic heterocycles. The number of hydrogen-bond acceptors (Lipinski definition) is 2. The van der Waals surface area contributed by atoms with E-state index in [0.717, 1.165) is 12.8 Å². The second-order valence-electron chi connectivity index (χ2n) is 2.87. The molecule has 14 heavy (non-hydrogen) atoms. The van der Waals surface area contributed by atoms with E-state index in [-0.39, 0.29) is 0 Å². The zero-order valence-corrected chi connectivity index (χ0v) is 8.77. The smallest absolute Gasteiger partial charge is 0.137 e. The van der Waals surface area contributed by atoms with Crippen LogP contribution in [0, 0.1) is 17.4 Å². The lowest BCUT2D eigenvalue weighted by molar-refractivity contribution is 0.308. The summed E-state index contributed by atoms with van der Waals surface area (Å²) in [5, 5.41) is 9.23. The van der Waals surface area contributed by atoms with E-state index in [4.69, 9.17) is 21.6 Å². The predicted molar refractivity (Wildman–Crippen MR) is 55.4 cm³/mol. The Labute approximate surface area is 89.1 Å². The van der Waals surface area contributed by atoms with Crippen LogP contribution in [-0.2, 0) is 0 Å². The molecule has 0 aliphatic rings. The molecule has 0 heterocycles. The molecular formula is C11H11ClNO. The molecule has 0 amide bonds. The lowest BCUT2D eigenvalue weighted by Crippen LogP contribution is -1.98. The van der Waals surface area contributed by atoms with Gasteiger partial charge < -0.3 is 4.74 Å². The van der Waals surface area contributed by atoms with Crippen LogP contribution >= 0.6 is 11.6 Å². The first-order valence-corrected chi connectivity index (χ1v) is 4.90. The van der Waals surface area contributed by atoms with Gasteiger partial charge in [0.1, 0.15) is 11.8 Å². The van der Waals surface area contributed by atoms with E-state index in [1.54, 1.807) is 12.1 Å². The molecule has 0 spiro atoms. The lowest BCUT2D eigenvalue weighted by atomic mass is 10.2. The van der Waals surface area contributed by atoms with Crippen LogP contribution in [0.25, 0.3) is 0 Å². The Morgan fingerprint density at radius 1 is 1.64 bits per heavy atom. The highest BCUT2D eigenvalue weighted by atomic mass is 35.5. The van der Waals surface area contributed by atoms with Gasteiger partial charge in [-0.05, 0) is 18.6 Å². The van der Waals surface area contributed by atoms with E-state index in [1.807, 2.05) is 6.07 Å². The zero-order valence-electron chi connectivity index (χ0n) is 8.01. The summed E-state index contributed by atoms with van der Waals surface area (Å²) in [6, 6.07) is 7.99. The van der Waals surface area contributed by atoms with E-state index >= 15 is 0 Å². The van der Waals surface area contributed by atoms with Crippen molar-refractivity contribution in [1.29, 1.82) is 5.26 Å². The molecule has 3 heteroatoms. The van der Waals surface area contributed by atoms with Crippen molar-refractivity contribution in [2.75, 3.05) is 6.61 Å². The summed E-state index contributed by atoms with van der Waals surface area (Å²) in [5.74, 6) is 0.561. The van der Waals surface area contributed by atoms with Crippen LogP contribution in [0.15, 0.2) is 12.1 Å². The van der Waals surface area contributed by atoms with E-state index in [0.29, 0.717) is 22.9 Å². The van der Waals surface area contributed by atoms with Gasteiger partial charge in [-0.3, -0.25) is 0 Å². The third kappa shape index (κ3) is 2.93. The van der Waals surface area contributed by atoms with Crippen LogP contribution < -0.4 is 4.74 Å². The van der Waals surface area contributed by atoms with Crippen LogP contribution in [0.5, 0.6) is 5.75 Å². The van der Waals surface area contributed by atoms with Crippen LogP contribution in [-0.4, -0.2) is 6.61 Å². The highest BCUT2D eigenvalue weighted by Crippen LogP contribution is 2.21. The summed E-state index contributed by atoms with van der Waals surface area (Å²) in [4.78, 5) is 0. The normalized spacial score (nSPS) is 9.50. The number of nitriles is 1. The lowest BCUT2D eigenvalue weighted by Gasteiger charge is -2.06. The van der Waals surface area contributed by atoms with Crippen LogP contribution in [0.3, 0.4) is 0 Å². The van der Waals surface area contributed by atoms with Crippen molar-refractivity contribution < 1.29 is 4.74 Å². The summed E-state index contributed by atoms with van der Waals surface area (Å²) < 4.78 is 5.41. The molecule has 0 N–H and O–H groups in total. The summed E-state index contributed by atoms with van der Waals surface area (Å²) >= 11 is 5.69. The number of nitrogens with zero attached hydrogens (tertiary/aromatic N) is 1. The molecule has 0 aliphatic carbocycles. The van der Waals surface area contributed by atoms with Crippen LogP contribution in [0.2, 0.25) is 5.02 Å². The Hall–Kier alpha value is -1.20. The molecule has 1 aromatic rings. The van der Waals surface area contributed by atoms with E-state index < -0.39 is 0 Å². The van der Waals surface area contributed by atoms with Crippen molar-refractivity contribution in [2.45, 2.75) is 19.8 Å². The summed E-state index contributed by atoms with van der Waals surface area (Å²) in [5.41, 5.74) is 0.463. The highest BCUT2D eigenvalue weighted by molar-refractivity contribution is 6.30. The Bertz CT molecular complexity index is 344. The van der Waals surface area contributed by atoms with E-state index in [1.165, 1.54) is 0 Å². The second kappa shape index (κ2) is 5.51. The molecule has 1 rings (SSSR count). The number of rotatable bonds is 4. The van der Waals surface area contributed by atoms with Crippen molar-refractivity contribution in [1.82, 2.24) is 0 Å². The molecule has 1 aromatic carbocycles. The number of ether oxygens (including phenoxy) is 1. The van der Waals surface area contributed by atoms with Gasteiger partial charge >= 0.3 is 0 Å². The number of unbranched alkanes of at least 4 members (excludes halogenated alkanes) is 1. The average molecular weight is 209 g/mol. The Kier molecular flexibility index (Phi) is 4.28.